The number of nitrogens with zero attached hydrogens (tertiary/aromatic N) is 1. The number of aliphatic hydroxyl groups is 1. The summed E-state index contributed by atoms with van der Waals surface area (Å²) in [5.74, 6) is -1.43. The van der Waals surface area contributed by atoms with E-state index in [-0.39, 0.29) is 23.6 Å². The summed E-state index contributed by atoms with van der Waals surface area (Å²) in [5, 5.41) is 28.7. The summed E-state index contributed by atoms with van der Waals surface area (Å²) >= 11 is 1.39. The van der Waals surface area contributed by atoms with Crippen LogP contribution in [0, 0.1) is 17.2 Å². The molecule has 0 saturated carbocycles. The third-order valence-corrected chi connectivity index (χ3v) is 5.20. The van der Waals surface area contributed by atoms with E-state index in [1.807, 2.05) is 6.92 Å². The van der Waals surface area contributed by atoms with Crippen LogP contribution in [0.1, 0.15) is 13.8 Å². The second-order valence-electron chi connectivity index (χ2n) is 5.22. The third kappa shape index (κ3) is 2.53. The first-order valence-corrected chi connectivity index (χ1v) is 7.74. The van der Waals surface area contributed by atoms with Gasteiger partial charge in [-0.25, -0.2) is 4.79 Å². The van der Waals surface area contributed by atoms with E-state index >= 15 is 0 Å². The van der Waals surface area contributed by atoms with Crippen molar-refractivity contribution in [1.82, 2.24) is 10.2 Å². The Kier molecular flexibility index (Phi) is 4.58. The first-order chi connectivity index (χ1) is 9.91. The highest BCUT2D eigenvalue weighted by Crippen LogP contribution is 2.50. The number of hydrogen-bond acceptors (Lipinski definition) is 5. The van der Waals surface area contributed by atoms with Gasteiger partial charge in [0.25, 0.3) is 0 Å². The van der Waals surface area contributed by atoms with Crippen LogP contribution in [-0.4, -0.2) is 57.8 Å². The normalized spacial score (nSPS) is 29.0. The summed E-state index contributed by atoms with van der Waals surface area (Å²) in [6, 6.07) is -0.262. The van der Waals surface area contributed by atoms with Gasteiger partial charge in [0.1, 0.15) is 5.70 Å². The number of carbonyl (C=O) groups excluding carboxylic acids is 1. The van der Waals surface area contributed by atoms with Gasteiger partial charge in [-0.15, -0.1) is 11.8 Å². The molecule has 0 unspecified atom stereocenters. The Morgan fingerprint density at radius 2 is 2.29 bits per heavy atom. The zero-order valence-corrected chi connectivity index (χ0v) is 12.7. The number of hydrogen-bond donors (Lipinski definition) is 4. The number of carboxylic acid groups (broad SMARTS) is 1. The Bertz CT molecular complexity index is 506. The number of amides is 1. The number of thioether (sulfide) groups is 1. The Morgan fingerprint density at radius 1 is 1.62 bits per heavy atom. The largest absolute Gasteiger partial charge is 0.477 e. The van der Waals surface area contributed by atoms with E-state index in [0.717, 1.165) is 6.34 Å². The molecule has 7 nitrogen and oxygen atoms in total. The van der Waals surface area contributed by atoms with Crippen molar-refractivity contribution in [2.24, 2.45) is 11.8 Å². The highest BCUT2D eigenvalue weighted by molar-refractivity contribution is 8.03. The van der Waals surface area contributed by atoms with Crippen LogP contribution in [0.5, 0.6) is 0 Å². The van der Waals surface area contributed by atoms with E-state index in [2.05, 4.69) is 5.32 Å². The van der Waals surface area contributed by atoms with Crippen molar-refractivity contribution >= 4 is 30.0 Å². The lowest BCUT2D eigenvalue weighted by Crippen LogP contribution is -2.63. The molecule has 0 spiro atoms. The number of β-lactam (4-membered cyclic amide) rings is 1. The van der Waals surface area contributed by atoms with Crippen LogP contribution in [0.3, 0.4) is 0 Å². The number of nitrogens with one attached hydrogen (secondary N) is 2. The first kappa shape index (κ1) is 15.8. The van der Waals surface area contributed by atoms with Crippen molar-refractivity contribution in [2.45, 2.75) is 26.0 Å². The molecule has 1 fully saturated rings. The van der Waals surface area contributed by atoms with Gasteiger partial charge in [0.2, 0.25) is 5.91 Å². The zero-order chi connectivity index (χ0) is 15.7. The molecule has 4 atom stereocenters. The number of aliphatic carboxylic acids is 1. The standard InChI is InChI=1S/C13H19N3O4S/c1-6-9-8(7(2)17)12(18)16(9)10(13(19)20)11(6)21-4-3-15-5-14/h5-9,17H,3-4H2,1-2H3,(H2,14,15)(H,19,20)/t6-,7-,8-,9-/m1/s1. The molecule has 1 saturated heterocycles. The van der Waals surface area contributed by atoms with E-state index in [9.17, 15) is 19.8 Å². The predicted octanol–water partition coefficient (Wildman–Crippen LogP) is 0.0700. The maximum absolute atomic E-state index is 12.1. The smallest absolute Gasteiger partial charge is 0.353 e. The monoisotopic (exact) mass is 313 g/mol. The number of carbonyl (C=O) groups is 2. The summed E-state index contributed by atoms with van der Waals surface area (Å²) in [6.07, 6.45) is 0.311. The van der Waals surface area contributed by atoms with Crippen LogP contribution in [0.4, 0.5) is 0 Å². The lowest BCUT2D eigenvalue weighted by molar-refractivity contribution is -0.163. The molecule has 2 rings (SSSR count). The predicted molar refractivity (Wildman–Crippen MR) is 78.9 cm³/mol. The van der Waals surface area contributed by atoms with Gasteiger partial charge < -0.3 is 20.4 Å². The zero-order valence-electron chi connectivity index (χ0n) is 11.9. The van der Waals surface area contributed by atoms with Crippen LogP contribution in [-0.2, 0) is 9.59 Å². The fraction of sp³-hybridized carbons (Fsp3) is 0.615. The number of carboxylic acids is 1. The molecule has 0 bridgehead atoms. The van der Waals surface area contributed by atoms with Gasteiger partial charge in [0.15, 0.2) is 0 Å². The quantitative estimate of drug-likeness (QED) is 0.229. The van der Waals surface area contributed by atoms with Crippen LogP contribution in [0.15, 0.2) is 10.6 Å². The van der Waals surface area contributed by atoms with Crippen molar-refractivity contribution in [2.75, 3.05) is 12.3 Å². The van der Waals surface area contributed by atoms with E-state index in [1.165, 1.54) is 16.7 Å². The maximum Gasteiger partial charge on any atom is 0.353 e. The molecule has 0 aromatic carbocycles. The van der Waals surface area contributed by atoms with Gasteiger partial charge in [-0.3, -0.25) is 10.2 Å². The number of rotatable bonds is 7. The highest BCUT2D eigenvalue weighted by Gasteiger charge is 2.59. The molecule has 0 aliphatic carbocycles. The van der Waals surface area contributed by atoms with Gasteiger partial charge in [-0.2, -0.15) is 0 Å². The van der Waals surface area contributed by atoms with E-state index in [1.54, 1.807) is 6.92 Å². The van der Waals surface area contributed by atoms with Gasteiger partial charge in [0, 0.05) is 23.1 Å². The van der Waals surface area contributed by atoms with Crippen LogP contribution in [0.25, 0.3) is 0 Å². The average Bonchev–Trinajstić information content (AvgIpc) is 2.64. The van der Waals surface area contributed by atoms with Crippen LogP contribution < -0.4 is 5.32 Å². The fourth-order valence-corrected chi connectivity index (χ4v) is 4.17. The van der Waals surface area contributed by atoms with Crippen LogP contribution in [0.2, 0.25) is 0 Å². The van der Waals surface area contributed by atoms with Crippen molar-refractivity contribution in [3.63, 3.8) is 0 Å². The number of fused-ring (bicyclic) bond motifs is 1. The van der Waals surface area contributed by atoms with Gasteiger partial charge >= 0.3 is 5.97 Å². The fourth-order valence-electron chi connectivity index (χ4n) is 3.01. The minimum atomic E-state index is -1.11. The van der Waals surface area contributed by atoms with Crippen molar-refractivity contribution in [1.29, 1.82) is 5.41 Å². The molecule has 2 heterocycles. The molecule has 4 N–H and O–H groups in total. The van der Waals surface area contributed by atoms with E-state index in [0.29, 0.717) is 17.2 Å². The van der Waals surface area contributed by atoms with E-state index in [4.69, 9.17) is 5.41 Å². The summed E-state index contributed by atoms with van der Waals surface area (Å²) in [6.45, 7) is 4.00. The second kappa shape index (κ2) is 6.07. The number of aliphatic hydroxyl groups excluding tert-OH is 1. The van der Waals surface area contributed by atoms with E-state index < -0.39 is 18.0 Å². The summed E-state index contributed by atoms with van der Waals surface area (Å²) < 4.78 is 0. The van der Waals surface area contributed by atoms with Crippen molar-refractivity contribution in [3.05, 3.63) is 10.6 Å². The Hall–Kier alpha value is -1.54. The molecule has 0 radical (unpaired) electrons. The minimum absolute atomic E-state index is 0.0502. The summed E-state index contributed by atoms with van der Waals surface area (Å²) in [7, 11) is 0. The molecular weight excluding hydrogens is 294 g/mol. The summed E-state index contributed by atoms with van der Waals surface area (Å²) in [4.78, 5) is 25.6. The lowest BCUT2D eigenvalue weighted by Gasteiger charge is -2.46. The summed E-state index contributed by atoms with van der Waals surface area (Å²) in [5.41, 5.74) is 0.0502. The van der Waals surface area contributed by atoms with Crippen molar-refractivity contribution < 1.29 is 19.8 Å². The maximum atomic E-state index is 12.1. The Morgan fingerprint density at radius 3 is 2.81 bits per heavy atom. The molecule has 0 aromatic heterocycles. The van der Waals surface area contributed by atoms with Gasteiger partial charge in [0.05, 0.1) is 24.4 Å². The lowest BCUT2D eigenvalue weighted by atomic mass is 9.79. The first-order valence-electron chi connectivity index (χ1n) is 6.75. The van der Waals surface area contributed by atoms with Gasteiger partial charge in [-0.05, 0) is 6.92 Å². The minimum Gasteiger partial charge on any atom is -0.477 e. The molecule has 2 aliphatic heterocycles. The molecular formula is C13H19N3O4S. The molecule has 21 heavy (non-hydrogen) atoms. The van der Waals surface area contributed by atoms with Crippen molar-refractivity contribution in [3.8, 4) is 0 Å². The van der Waals surface area contributed by atoms with Gasteiger partial charge in [-0.1, -0.05) is 6.92 Å². The molecule has 1 amide bonds. The molecule has 8 heteroatoms. The Labute approximate surface area is 126 Å². The Balaban J connectivity index is 2.19. The molecule has 2 aliphatic rings. The second-order valence-corrected chi connectivity index (χ2v) is 6.36. The SMILES string of the molecule is C[C@@H](O)[C@H]1C(=O)N2C(C(=O)O)=C(SCCNC=N)[C@H](C)[C@H]12. The molecule has 116 valence electrons. The average molecular weight is 313 g/mol. The third-order valence-electron chi connectivity index (χ3n) is 3.92. The van der Waals surface area contributed by atoms with Crippen LogP contribution >= 0.6 is 11.8 Å². The molecule has 0 aromatic rings. The highest BCUT2D eigenvalue weighted by atomic mass is 32.2. The topological polar surface area (TPSA) is 114 Å².